The Bertz CT molecular complexity index is 373. The quantitative estimate of drug-likeness (QED) is 0.447. The van der Waals surface area contributed by atoms with Crippen LogP contribution in [0.4, 0.5) is 0 Å². The number of aliphatic carboxylic acids is 1. The SMILES string of the molecule is CCOc1ccc(/C=N/OCCC(=O)O)cc1. The molecule has 0 atom stereocenters. The summed E-state index contributed by atoms with van der Waals surface area (Å²) in [7, 11) is 0. The predicted octanol–water partition coefficient (Wildman–Crippen LogP) is 1.91. The molecule has 0 heterocycles. The molecule has 0 aliphatic heterocycles. The van der Waals surface area contributed by atoms with Crippen LogP contribution in [0.2, 0.25) is 0 Å². The maximum atomic E-state index is 10.2. The van der Waals surface area contributed by atoms with E-state index in [1.807, 2.05) is 31.2 Å². The topological polar surface area (TPSA) is 68.1 Å². The molecule has 0 bridgehead atoms. The van der Waals surface area contributed by atoms with Crippen LogP contribution in [0.1, 0.15) is 18.9 Å². The summed E-state index contributed by atoms with van der Waals surface area (Å²) in [5.41, 5.74) is 0.865. The van der Waals surface area contributed by atoms with Crippen LogP contribution in [-0.2, 0) is 9.63 Å². The van der Waals surface area contributed by atoms with Crippen molar-refractivity contribution >= 4 is 12.2 Å². The van der Waals surface area contributed by atoms with Crippen LogP contribution in [0.15, 0.2) is 29.4 Å². The number of nitrogens with zero attached hydrogens (tertiary/aromatic N) is 1. The zero-order valence-electron chi connectivity index (χ0n) is 9.63. The van der Waals surface area contributed by atoms with Gasteiger partial charge in [0.2, 0.25) is 0 Å². The van der Waals surface area contributed by atoms with Crippen LogP contribution in [0.25, 0.3) is 0 Å². The van der Waals surface area contributed by atoms with Crippen LogP contribution in [0, 0.1) is 0 Å². The van der Waals surface area contributed by atoms with Crippen molar-refractivity contribution in [2.45, 2.75) is 13.3 Å². The molecule has 5 heteroatoms. The van der Waals surface area contributed by atoms with Crippen molar-refractivity contribution in [3.63, 3.8) is 0 Å². The van der Waals surface area contributed by atoms with Gasteiger partial charge in [0.05, 0.1) is 19.2 Å². The third-order valence-corrected chi connectivity index (χ3v) is 1.87. The summed E-state index contributed by atoms with van der Waals surface area (Å²) in [5, 5.41) is 12.0. The molecule has 0 radical (unpaired) electrons. The van der Waals surface area contributed by atoms with Crippen molar-refractivity contribution in [2.75, 3.05) is 13.2 Å². The highest BCUT2D eigenvalue weighted by molar-refractivity contribution is 5.79. The lowest BCUT2D eigenvalue weighted by molar-refractivity contribution is -0.138. The number of rotatable bonds is 7. The van der Waals surface area contributed by atoms with E-state index >= 15 is 0 Å². The summed E-state index contributed by atoms with van der Waals surface area (Å²) in [6.07, 6.45) is 1.47. The predicted molar refractivity (Wildman–Crippen MR) is 63.4 cm³/mol. The van der Waals surface area contributed by atoms with Crippen LogP contribution < -0.4 is 4.74 Å². The molecule has 0 fully saturated rings. The summed E-state index contributed by atoms with van der Waals surface area (Å²) >= 11 is 0. The van der Waals surface area contributed by atoms with E-state index in [1.54, 1.807) is 0 Å². The van der Waals surface area contributed by atoms with E-state index in [9.17, 15) is 4.79 Å². The fourth-order valence-electron chi connectivity index (χ4n) is 1.10. The summed E-state index contributed by atoms with van der Waals surface area (Å²) in [5.74, 6) is -0.0993. The molecular formula is C12H15NO4. The third-order valence-electron chi connectivity index (χ3n) is 1.87. The number of benzene rings is 1. The molecule has 1 N–H and O–H groups in total. The number of ether oxygens (including phenoxy) is 1. The van der Waals surface area contributed by atoms with Crippen molar-refractivity contribution in [1.29, 1.82) is 0 Å². The highest BCUT2D eigenvalue weighted by Crippen LogP contribution is 2.10. The van der Waals surface area contributed by atoms with E-state index in [0.29, 0.717) is 6.61 Å². The fraction of sp³-hybridized carbons (Fsp3) is 0.333. The highest BCUT2D eigenvalue weighted by atomic mass is 16.6. The molecule has 1 aromatic carbocycles. The Morgan fingerprint density at radius 1 is 1.41 bits per heavy atom. The highest BCUT2D eigenvalue weighted by Gasteiger charge is 1.95. The van der Waals surface area contributed by atoms with Crippen LogP contribution in [0.3, 0.4) is 0 Å². The van der Waals surface area contributed by atoms with E-state index in [1.165, 1.54) is 6.21 Å². The molecule has 0 spiro atoms. The lowest BCUT2D eigenvalue weighted by Crippen LogP contribution is -1.99. The van der Waals surface area contributed by atoms with Gasteiger partial charge in [-0.25, -0.2) is 0 Å². The second-order valence-corrected chi connectivity index (χ2v) is 3.21. The average Bonchev–Trinajstić information content (AvgIpc) is 2.31. The zero-order chi connectivity index (χ0) is 12.5. The number of hydrogen-bond acceptors (Lipinski definition) is 4. The van der Waals surface area contributed by atoms with Gasteiger partial charge in [-0.15, -0.1) is 0 Å². The molecule has 1 rings (SSSR count). The first-order chi connectivity index (χ1) is 8.22. The second kappa shape index (κ2) is 7.27. The smallest absolute Gasteiger partial charge is 0.306 e. The maximum Gasteiger partial charge on any atom is 0.306 e. The average molecular weight is 237 g/mol. The molecule has 0 aliphatic rings. The van der Waals surface area contributed by atoms with E-state index in [2.05, 4.69) is 5.16 Å². The number of hydrogen-bond donors (Lipinski definition) is 1. The van der Waals surface area contributed by atoms with Crippen molar-refractivity contribution in [3.05, 3.63) is 29.8 Å². The lowest BCUT2D eigenvalue weighted by Gasteiger charge is -2.01. The van der Waals surface area contributed by atoms with Gasteiger partial charge in [-0.3, -0.25) is 4.79 Å². The normalized spacial score (nSPS) is 10.4. The van der Waals surface area contributed by atoms with Gasteiger partial charge < -0.3 is 14.7 Å². The Morgan fingerprint density at radius 3 is 2.71 bits per heavy atom. The maximum absolute atomic E-state index is 10.2. The standard InChI is InChI=1S/C12H15NO4/c1-2-16-11-5-3-10(4-6-11)9-13-17-8-7-12(14)15/h3-6,9H,2,7-8H2,1H3,(H,14,15)/b13-9+. The Balaban J connectivity index is 2.35. The molecule has 1 aromatic rings. The minimum absolute atomic E-state index is 0.0549. The van der Waals surface area contributed by atoms with Crippen molar-refractivity contribution in [2.24, 2.45) is 5.16 Å². The van der Waals surface area contributed by atoms with E-state index in [4.69, 9.17) is 14.7 Å². The van der Waals surface area contributed by atoms with Crippen molar-refractivity contribution in [1.82, 2.24) is 0 Å². The lowest BCUT2D eigenvalue weighted by atomic mass is 10.2. The van der Waals surface area contributed by atoms with Gasteiger partial charge in [-0.05, 0) is 36.8 Å². The summed E-state index contributed by atoms with van der Waals surface area (Å²) < 4.78 is 5.29. The fourth-order valence-corrected chi connectivity index (χ4v) is 1.10. The van der Waals surface area contributed by atoms with Gasteiger partial charge >= 0.3 is 5.97 Å². The minimum Gasteiger partial charge on any atom is -0.494 e. The van der Waals surface area contributed by atoms with Gasteiger partial charge in [0.25, 0.3) is 0 Å². The zero-order valence-corrected chi connectivity index (χ0v) is 9.63. The first kappa shape index (κ1) is 13.0. The number of carboxylic acids is 1. The Morgan fingerprint density at radius 2 is 2.12 bits per heavy atom. The number of oxime groups is 1. The molecular weight excluding hydrogens is 222 g/mol. The first-order valence-corrected chi connectivity index (χ1v) is 5.32. The van der Waals surface area contributed by atoms with Gasteiger partial charge in [-0.1, -0.05) is 5.16 Å². The van der Waals surface area contributed by atoms with Crippen molar-refractivity contribution < 1.29 is 19.5 Å². The summed E-state index contributed by atoms with van der Waals surface area (Å²) in [6, 6.07) is 7.36. The summed E-state index contributed by atoms with van der Waals surface area (Å²) in [4.78, 5) is 15.0. The van der Waals surface area contributed by atoms with Crippen LogP contribution in [0.5, 0.6) is 5.75 Å². The third kappa shape index (κ3) is 5.55. The van der Waals surface area contributed by atoms with E-state index in [0.717, 1.165) is 11.3 Å². The molecule has 0 aliphatic carbocycles. The summed E-state index contributed by atoms with van der Waals surface area (Å²) in [6.45, 7) is 2.63. The van der Waals surface area contributed by atoms with Gasteiger partial charge in [0, 0.05) is 0 Å². The molecule has 0 saturated carbocycles. The van der Waals surface area contributed by atoms with Crippen molar-refractivity contribution in [3.8, 4) is 5.75 Å². The van der Waals surface area contributed by atoms with Gasteiger partial charge in [0.1, 0.15) is 12.4 Å². The number of carbonyl (C=O) groups is 1. The Labute approximate surface area is 99.7 Å². The van der Waals surface area contributed by atoms with Crippen LogP contribution in [-0.4, -0.2) is 30.5 Å². The van der Waals surface area contributed by atoms with Gasteiger partial charge in [-0.2, -0.15) is 0 Å². The molecule has 17 heavy (non-hydrogen) atoms. The van der Waals surface area contributed by atoms with E-state index < -0.39 is 5.97 Å². The molecule has 92 valence electrons. The minimum atomic E-state index is -0.902. The molecule has 5 nitrogen and oxygen atoms in total. The number of carboxylic acid groups (broad SMARTS) is 1. The first-order valence-electron chi connectivity index (χ1n) is 5.32. The molecule has 0 unspecified atom stereocenters. The molecule has 0 amide bonds. The molecule has 0 aromatic heterocycles. The monoisotopic (exact) mass is 237 g/mol. The largest absolute Gasteiger partial charge is 0.494 e. The Kier molecular flexibility index (Phi) is 5.57. The Hall–Kier alpha value is -2.04. The van der Waals surface area contributed by atoms with E-state index in [-0.39, 0.29) is 13.0 Å². The second-order valence-electron chi connectivity index (χ2n) is 3.21. The van der Waals surface area contributed by atoms with Crippen LogP contribution >= 0.6 is 0 Å². The van der Waals surface area contributed by atoms with Gasteiger partial charge in [0.15, 0.2) is 0 Å². The molecule has 0 saturated heterocycles.